The summed E-state index contributed by atoms with van der Waals surface area (Å²) in [7, 11) is 0. The van der Waals surface area contributed by atoms with E-state index in [-0.39, 0.29) is 5.92 Å². The Balaban J connectivity index is 2.91. The van der Waals surface area contributed by atoms with E-state index in [1.165, 1.54) is 0 Å². The third-order valence-electron chi connectivity index (χ3n) is 5.82. The predicted molar refractivity (Wildman–Crippen MR) is 79.5 cm³/mol. The molecule has 2 nitrogen and oxygen atoms in total. The van der Waals surface area contributed by atoms with Gasteiger partial charge in [-0.15, -0.1) is 0 Å². The first-order chi connectivity index (χ1) is 8.60. The Morgan fingerprint density at radius 1 is 1.26 bits per heavy atom. The molecule has 0 aromatic carbocycles. The normalized spacial score (nSPS) is 33.3. The van der Waals surface area contributed by atoms with E-state index in [4.69, 9.17) is 0 Å². The lowest BCUT2D eigenvalue weighted by molar-refractivity contribution is -0.107. The van der Waals surface area contributed by atoms with Gasteiger partial charge in [-0.2, -0.15) is 5.26 Å². The molecule has 0 heterocycles. The third-order valence-corrected chi connectivity index (χ3v) is 5.82. The van der Waals surface area contributed by atoms with Gasteiger partial charge < -0.3 is 5.11 Å². The first-order valence-electron chi connectivity index (χ1n) is 7.74. The molecule has 19 heavy (non-hydrogen) atoms. The van der Waals surface area contributed by atoms with Crippen molar-refractivity contribution in [1.82, 2.24) is 0 Å². The molecule has 1 aliphatic carbocycles. The van der Waals surface area contributed by atoms with Crippen molar-refractivity contribution in [2.45, 2.75) is 79.2 Å². The van der Waals surface area contributed by atoms with Crippen LogP contribution in [0.25, 0.3) is 0 Å². The first-order valence-corrected chi connectivity index (χ1v) is 7.74. The maximum absolute atomic E-state index is 10.9. The van der Waals surface area contributed by atoms with Gasteiger partial charge in [-0.1, -0.05) is 41.0 Å². The van der Waals surface area contributed by atoms with Crippen LogP contribution in [0.5, 0.6) is 0 Å². The second kappa shape index (κ2) is 5.44. The largest absolute Gasteiger partial charge is 0.388 e. The van der Waals surface area contributed by atoms with Gasteiger partial charge in [0.05, 0.1) is 17.1 Å². The van der Waals surface area contributed by atoms with Crippen molar-refractivity contribution in [3.63, 3.8) is 0 Å². The Kier molecular flexibility index (Phi) is 4.73. The van der Waals surface area contributed by atoms with Gasteiger partial charge >= 0.3 is 0 Å². The number of hydrogen-bond donors (Lipinski definition) is 1. The van der Waals surface area contributed by atoms with Crippen molar-refractivity contribution < 1.29 is 5.11 Å². The van der Waals surface area contributed by atoms with Crippen molar-refractivity contribution in [3.05, 3.63) is 0 Å². The highest BCUT2D eigenvalue weighted by atomic mass is 16.3. The van der Waals surface area contributed by atoms with Gasteiger partial charge in [-0.3, -0.25) is 0 Å². The van der Waals surface area contributed by atoms with Crippen molar-refractivity contribution in [2.24, 2.45) is 22.7 Å². The maximum atomic E-state index is 10.9. The van der Waals surface area contributed by atoms with Crippen LogP contribution in [0.2, 0.25) is 0 Å². The average Bonchev–Trinajstić information content (AvgIpc) is 2.36. The molecule has 0 radical (unpaired) electrons. The number of nitriles is 1. The van der Waals surface area contributed by atoms with Crippen LogP contribution in [0.4, 0.5) is 0 Å². The SMILES string of the molecule is CCC(C)C(C)(O)C1(C#N)CCC(C(C)(C)C)CC1. The molecule has 110 valence electrons. The monoisotopic (exact) mass is 265 g/mol. The van der Waals surface area contributed by atoms with Crippen LogP contribution in [-0.2, 0) is 0 Å². The van der Waals surface area contributed by atoms with Crippen LogP contribution in [0.3, 0.4) is 0 Å². The zero-order valence-electron chi connectivity index (χ0n) is 13.6. The fourth-order valence-corrected chi connectivity index (χ4v) is 3.58. The zero-order valence-corrected chi connectivity index (χ0v) is 13.6. The van der Waals surface area contributed by atoms with Crippen molar-refractivity contribution in [1.29, 1.82) is 5.26 Å². The molecule has 0 aliphatic heterocycles. The van der Waals surface area contributed by atoms with Gasteiger partial charge in [0.2, 0.25) is 0 Å². The second-order valence-electron chi connectivity index (χ2n) is 7.79. The first kappa shape index (κ1) is 16.5. The van der Waals surface area contributed by atoms with E-state index in [2.05, 4.69) is 40.7 Å². The molecular weight excluding hydrogens is 234 g/mol. The fourth-order valence-electron chi connectivity index (χ4n) is 3.58. The van der Waals surface area contributed by atoms with Crippen molar-refractivity contribution >= 4 is 0 Å². The minimum absolute atomic E-state index is 0.165. The lowest BCUT2D eigenvalue weighted by Crippen LogP contribution is -2.52. The van der Waals surface area contributed by atoms with Crippen LogP contribution in [0.1, 0.15) is 73.6 Å². The molecule has 0 spiro atoms. The summed E-state index contributed by atoms with van der Waals surface area (Å²) in [5.74, 6) is 0.833. The molecule has 1 rings (SSSR count). The van der Waals surface area contributed by atoms with Gasteiger partial charge in [0, 0.05) is 0 Å². The van der Waals surface area contributed by atoms with Crippen molar-refractivity contribution in [2.75, 3.05) is 0 Å². The molecule has 2 atom stereocenters. The van der Waals surface area contributed by atoms with Gasteiger partial charge in [0.25, 0.3) is 0 Å². The second-order valence-corrected chi connectivity index (χ2v) is 7.79. The summed E-state index contributed by atoms with van der Waals surface area (Å²) < 4.78 is 0. The third kappa shape index (κ3) is 2.97. The summed E-state index contributed by atoms with van der Waals surface area (Å²) in [6.45, 7) is 12.9. The molecular formula is C17H31NO. The van der Waals surface area contributed by atoms with Gasteiger partial charge in [0.1, 0.15) is 0 Å². The Morgan fingerprint density at radius 2 is 1.74 bits per heavy atom. The summed E-state index contributed by atoms with van der Waals surface area (Å²) in [4.78, 5) is 0. The fraction of sp³-hybridized carbons (Fsp3) is 0.941. The number of nitrogens with zero attached hydrogens (tertiary/aromatic N) is 1. The molecule has 2 heteroatoms. The van der Waals surface area contributed by atoms with E-state index in [0.29, 0.717) is 11.3 Å². The zero-order chi connectivity index (χ0) is 14.9. The Hall–Kier alpha value is -0.550. The molecule has 1 fully saturated rings. The summed E-state index contributed by atoms with van der Waals surface area (Å²) in [6.07, 6.45) is 4.71. The van der Waals surface area contributed by atoms with Crippen LogP contribution < -0.4 is 0 Å². The summed E-state index contributed by atoms with van der Waals surface area (Å²) in [5, 5.41) is 20.6. The predicted octanol–water partition coefficient (Wildman–Crippen LogP) is 4.53. The standard InChI is InChI=1S/C17H31NO/c1-7-13(2)16(6,19)17(12-18)10-8-14(9-11-17)15(3,4)5/h13-14,19H,7-11H2,1-6H3. The van der Waals surface area contributed by atoms with E-state index >= 15 is 0 Å². The summed E-state index contributed by atoms with van der Waals surface area (Å²) in [6, 6.07) is 2.49. The highest BCUT2D eigenvalue weighted by Crippen LogP contribution is 2.52. The van der Waals surface area contributed by atoms with Crippen LogP contribution >= 0.6 is 0 Å². The molecule has 1 saturated carbocycles. The number of hydrogen-bond acceptors (Lipinski definition) is 2. The number of rotatable bonds is 3. The summed E-state index contributed by atoms with van der Waals surface area (Å²) >= 11 is 0. The molecule has 2 unspecified atom stereocenters. The quantitative estimate of drug-likeness (QED) is 0.814. The highest BCUT2D eigenvalue weighted by Gasteiger charge is 2.52. The molecule has 0 aromatic heterocycles. The minimum Gasteiger partial charge on any atom is -0.388 e. The van der Waals surface area contributed by atoms with Crippen LogP contribution in [0, 0.1) is 34.0 Å². The van der Waals surface area contributed by atoms with E-state index < -0.39 is 11.0 Å². The lowest BCUT2D eigenvalue weighted by atomic mass is 9.56. The van der Waals surface area contributed by atoms with Gasteiger partial charge in [-0.05, 0) is 49.9 Å². The molecule has 0 aromatic rings. The average molecular weight is 265 g/mol. The van der Waals surface area contributed by atoms with E-state index in [9.17, 15) is 10.4 Å². The molecule has 0 bridgehead atoms. The number of aliphatic hydroxyl groups is 1. The van der Waals surface area contributed by atoms with E-state index in [1.54, 1.807) is 0 Å². The minimum atomic E-state index is -0.876. The Labute approximate surface area is 119 Å². The van der Waals surface area contributed by atoms with Gasteiger partial charge in [0.15, 0.2) is 0 Å². The molecule has 0 amide bonds. The maximum Gasteiger partial charge on any atom is 0.0860 e. The Bertz CT molecular complexity index is 337. The molecule has 1 N–H and O–H groups in total. The smallest absolute Gasteiger partial charge is 0.0860 e. The van der Waals surface area contributed by atoms with Gasteiger partial charge in [-0.25, -0.2) is 0 Å². The van der Waals surface area contributed by atoms with Crippen LogP contribution in [-0.4, -0.2) is 10.7 Å². The topological polar surface area (TPSA) is 44.0 Å². The highest BCUT2D eigenvalue weighted by molar-refractivity contribution is 5.13. The summed E-state index contributed by atoms with van der Waals surface area (Å²) in [5.41, 5.74) is -1.12. The Morgan fingerprint density at radius 3 is 2.05 bits per heavy atom. The van der Waals surface area contributed by atoms with Crippen molar-refractivity contribution in [3.8, 4) is 6.07 Å². The molecule has 1 aliphatic rings. The van der Waals surface area contributed by atoms with E-state index in [0.717, 1.165) is 32.1 Å². The van der Waals surface area contributed by atoms with Crippen LogP contribution in [0.15, 0.2) is 0 Å². The lowest BCUT2D eigenvalue weighted by Gasteiger charge is -2.49. The molecule has 0 saturated heterocycles. The van der Waals surface area contributed by atoms with E-state index in [1.807, 2.05) is 6.92 Å².